The Balaban J connectivity index is 1.78. The van der Waals surface area contributed by atoms with Gasteiger partial charge in [-0.1, -0.05) is 24.3 Å². The summed E-state index contributed by atoms with van der Waals surface area (Å²) < 4.78 is 5.64. The Kier molecular flexibility index (Phi) is 2.67. The Bertz CT molecular complexity index is 380. The summed E-state index contributed by atoms with van der Waals surface area (Å²) >= 11 is 0. The van der Waals surface area contributed by atoms with Crippen LogP contribution in [0.3, 0.4) is 0 Å². The number of benzene rings is 1. The van der Waals surface area contributed by atoms with E-state index < -0.39 is 0 Å². The number of hydrogen-bond donors (Lipinski definition) is 1. The van der Waals surface area contributed by atoms with Gasteiger partial charge < -0.3 is 10.5 Å². The fourth-order valence-corrected chi connectivity index (χ4v) is 2.84. The highest BCUT2D eigenvalue weighted by molar-refractivity contribution is 5.34. The van der Waals surface area contributed by atoms with Crippen LogP contribution in [0.25, 0.3) is 0 Å². The maximum atomic E-state index is 5.64. The smallest absolute Gasteiger partial charge is 0.100 e. The molecule has 2 unspecified atom stereocenters. The highest BCUT2D eigenvalue weighted by atomic mass is 16.5. The molecule has 1 aliphatic heterocycles. The lowest BCUT2D eigenvalue weighted by Crippen LogP contribution is -2.29. The summed E-state index contributed by atoms with van der Waals surface area (Å²) in [6.45, 7) is 2.35. The average molecular weight is 218 g/mol. The second-order valence-electron chi connectivity index (χ2n) is 4.68. The summed E-state index contributed by atoms with van der Waals surface area (Å²) in [5, 5.41) is 0. The van der Waals surface area contributed by atoms with Crippen LogP contribution in [0.1, 0.15) is 23.6 Å². The van der Waals surface area contributed by atoms with Gasteiger partial charge in [0, 0.05) is 19.1 Å². The molecule has 1 fully saturated rings. The van der Waals surface area contributed by atoms with E-state index in [1.165, 1.54) is 24.0 Å². The summed E-state index contributed by atoms with van der Waals surface area (Å²) in [6.07, 6.45) is 2.65. The van der Waals surface area contributed by atoms with E-state index in [2.05, 4.69) is 29.2 Å². The molecule has 3 heteroatoms. The Morgan fingerprint density at radius 1 is 1.38 bits per heavy atom. The lowest BCUT2D eigenvalue weighted by Gasteiger charge is -2.22. The fourth-order valence-electron chi connectivity index (χ4n) is 2.84. The van der Waals surface area contributed by atoms with Crippen LogP contribution in [0, 0.1) is 0 Å². The van der Waals surface area contributed by atoms with Crippen LogP contribution < -0.4 is 5.73 Å². The van der Waals surface area contributed by atoms with Gasteiger partial charge in [0.15, 0.2) is 0 Å². The lowest BCUT2D eigenvalue weighted by molar-refractivity contribution is 0.0806. The minimum atomic E-state index is 0.229. The minimum Gasteiger partial charge on any atom is -0.360 e. The molecule has 2 N–H and O–H groups in total. The molecule has 0 bridgehead atoms. The zero-order valence-electron chi connectivity index (χ0n) is 9.43. The van der Waals surface area contributed by atoms with Crippen molar-refractivity contribution < 1.29 is 4.74 Å². The molecule has 1 saturated heterocycles. The summed E-state index contributed by atoms with van der Waals surface area (Å²) in [7, 11) is 0. The molecule has 2 atom stereocenters. The molecule has 16 heavy (non-hydrogen) atoms. The van der Waals surface area contributed by atoms with Gasteiger partial charge >= 0.3 is 0 Å². The van der Waals surface area contributed by atoms with Crippen LogP contribution in [0.4, 0.5) is 0 Å². The molecule has 1 aromatic carbocycles. The van der Waals surface area contributed by atoms with Crippen LogP contribution in [0.5, 0.6) is 0 Å². The molecule has 0 radical (unpaired) electrons. The first kappa shape index (κ1) is 10.3. The number of rotatable bonds is 2. The van der Waals surface area contributed by atoms with Crippen LogP contribution in [0.2, 0.25) is 0 Å². The minimum absolute atomic E-state index is 0.229. The number of ether oxygens (including phenoxy) is 1. The van der Waals surface area contributed by atoms with E-state index in [0.29, 0.717) is 12.6 Å². The molecule has 0 amide bonds. The third kappa shape index (κ3) is 1.65. The predicted octanol–water partition coefficient (Wildman–Crippen LogP) is 1.29. The topological polar surface area (TPSA) is 38.5 Å². The van der Waals surface area contributed by atoms with Crippen molar-refractivity contribution in [3.05, 3.63) is 35.4 Å². The van der Waals surface area contributed by atoms with Crippen molar-refractivity contribution in [1.82, 2.24) is 4.90 Å². The normalized spacial score (nSPS) is 29.6. The van der Waals surface area contributed by atoms with E-state index in [1.54, 1.807) is 0 Å². The second-order valence-corrected chi connectivity index (χ2v) is 4.68. The molecule has 1 aromatic rings. The largest absolute Gasteiger partial charge is 0.360 e. The monoisotopic (exact) mass is 218 g/mol. The summed E-state index contributed by atoms with van der Waals surface area (Å²) in [6, 6.07) is 9.31. The van der Waals surface area contributed by atoms with Gasteiger partial charge in [0.2, 0.25) is 0 Å². The van der Waals surface area contributed by atoms with Gasteiger partial charge in [0.25, 0.3) is 0 Å². The third-order valence-corrected chi connectivity index (χ3v) is 3.72. The van der Waals surface area contributed by atoms with E-state index in [9.17, 15) is 0 Å². The molecule has 0 saturated carbocycles. The van der Waals surface area contributed by atoms with Crippen LogP contribution in [0.15, 0.2) is 24.3 Å². The average Bonchev–Trinajstić information content (AvgIpc) is 2.94. The standard InChI is InChI=1S/C13H18N2O/c14-7-11-8-15(9-16-11)13-6-5-10-3-1-2-4-12(10)13/h1-4,11,13H,5-9,14H2. The van der Waals surface area contributed by atoms with Crippen molar-refractivity contribution in [1.29, 1.82) is 0 Å². The fraction of sp³-hybridized carbons (Fsp3) is 0.538. The number of aryl methyl sites for hydroxylation is 1. The maximum Gasteiger partial charge on any atom is 0.100 e. The Morgan fingerprint density at radius 3 is 3.06 bits per heavy atom. The van der Waals surface area contributed by atoms with Crippen molar-refractivity contribution in [3.8, 4) is 0 Å². The Morgan fingerprint density at radius 2 is 2.25 bits per heavy atom. The number of nitrogens with zero attached hydrogens (tertiary/aromatic N) is 1. The highest BCUT2D eigenvalue weighted by Gasteiger charge is 2.32. The maximum absolute atomic E-state index is 5.64. The lowest BCUT2D eigenvalue weighted by atomic mass is 10.1. The molecule has 2 aliphatic rings. The quantitative estimate of drug-likeness (QED) is 0.813. The van der Waals surface area contributed by atoms with E-state index in [-0.39, 0.29) is 6.10 Å². The Hall–Kier alpha value is -0.900. The first-order valence-corrected chi connectivity index (χ1v) is 6.02. The molecule has 1 aliphatic carbocycles. The molecule has 86 valence electrons. The van der Waals surface area contributed by atoms with Crippen molar-refractivity contribution in [3.63, 3.8) is 0 Å². The summed E-state index contributed by atoms with van der Waals surface area (Å²) in [5.41, 5.74) is 8.63. The van der Waals surface area contributed by atoms with Crippen molar-refractivity contribution in [2.45, 2.75) is 25.0 Å². The molecule has 3 rings (SSSR count). The molecule has 0 aromatic heterocycles. The van der Waals surface area contributed by atoms with E-state index in [4.69, 9.17) is 10.5 Å². The van der Waals surface area contributed by atoms with E-state index in [0.717, 1.165) is 13.3 Å². The predicted molar refractivity (Wildman–Crippen MR) is 63.0 cm³/mol. The Labute approximate surface area is 96.2 Å². The highest BCUT2D eigenvalue weighted by Crippen LogP contribution is 2.36. The third-order valence-electron chi connectivity index (χ3n) is 3.72. The van der Waals surface area contributed by atoms with E-state index >= 15 is 0 Å². The van der Waals surface area contributed by atoms with Crippen molar-refractivity contribution in [2.75, 3.05) is 19.8 Å². The molecule has 0 spiro atoms. The SMILES string of the molecule is NCC1CN(C2CCc3ccccc32)CO1. The second kappa shape index (κ2) is 4.17. The number of fused-ring (bicyclic) bond motifs is 1. The van der Waals surface area contributed by atoms with Gasteiger partial charge in [-0.2, -0.15) is 0 Å². The van der Waals surface area contributed by atoms with Crippen molar-refractivity contribution >= 4 is 0 Å². The van der Waals surface area contributed by atoms with Crippen LogP contribution >= 0.6 is 0 Å². The van der Waals surface area contributed by atoms with Gasteiger partial charge in [-0.15, -0.1) is 0 Å². The van der Waals surface area contributed by atoms with Crippen molar-refractivity contribution in [2.24, 2.45) is 5.73 Å². The van der Waals surface area contributed by atoms with Crippen LogP contribution in [-0.4, -0.2) is 30.8 Å². The van der Waals surface area contributed by atoms with Gasteiger partial charge in [0.1, 0.15) is 6.73 Å². The van der Waals surface area contributed by atoms with Gasteiger partial charge in [-0.3, -0.25) is 4.90 Å². The molecular weight excluding hydrogens is 200 g/mol. The van der Waals surface area contributed by atoms with Gasteiger partial charge in [-0.05, 0) is 24.0 Å². The molecule has 1 heterocycles. The van der Waals surface area contributed by atoms with E-state index in [1.807, 2.05) is 0 Å². The number of hydrogen-bond acceptors (Lipinski definition) is 3. The van der Waals surface area contributed by atoms with Crippen LogP contribution in [-0.2, 0) is 11.2 Å². The molecular formula is C13H18N2O. The molecule has 3 nitrogen and oxygen atoms in total. The first-order chi connectivity index (χ1) is 7.88. The first-order valence-electron chi connectivity index (χ1n) is 6.02. The summed E-state index contributed by atoms with van der Waals surface area (Å²) in [5.74, 6) is 0. The van der Waals surface area contributed by atoms with Gasteiger partial charge in [0.05, 0.1) is 6.10 Å². The van der Waals surface area contributed by atoms with Gasteiger partial charge in [-0.25, -0.2) is 0 Å². The summed E-state index contributed by atoms with van der Waals surface area (Å²) in [4.78, 5) is 2.42. The number of nitrogens with two attached hydrogens (primary N) is 1. The zero-order chi connectivity index (χ0) is 11.0. The zero-order valence-corrected chi connectivity index (χ0v) is 9.43.